The summed E-state index contributed by atoms with van der Waals surface area (Å²) in [6.45, 7) is 6.95. The van der Waals surface area contributed by atoms with Gasteiger partial charge in [0, 0.05) is 0 Å². The number of ether oxygens (including phenoxy) is 2. The minimum absolute atomic E-state index is 0.0532. The van der Waals surface area contributed by atoms with Crippen LogP contribution in [0.3, 0.4) is 0 Å². The van der Waals surface area contributed by atoms with E-state index in [-0.39, 0.29) is 12.5 Å². The summed E-state index contributed by atoms with van der Waals surface area (Å²) >= 11 is 1.42. The molecular formula is C21H24N2O3S. The van der Waals surface area contributed by atoms with Crippen molar-refractivity contribution in [2.75, 3.05) is 18.5 Å². The molecule has 0 unspecified atom stereocenters. The number of rotatable bonds is 8. The lowest BCUT2D eigenvalue weighted by Crippen LogP contribution is -2.20. The number of carbonyl (C=O) groups excluding carboxylic acids is 1. The number of benzene rings is 2. The second-order valence-electron chi connectivity index (χ2n) is 6.56. The van der Waals surface area contributed by atoms with E-state index in [0.717, 1.165) is 22.4 Å². The highest BCUT2D eigenvalue weighted by Gasteiger charge is 2.10. The molecule has 0 fully saturated rings. The van der Waals surface area contributed by atoms with E-state index >= 15 is 0 Å². The van der Waals surface area contributed by atoms with Gasteiger partial charge in [0.05, 0.1) is 16.8 Å². The Morgan fingerprint density at radius 1 is 1.15 bits per heavy atom. The normalized spacial score (nSPS) is 11.0. The lowest BCUT2D eigenvalue weighted by molar-refractivity contribution is -0.118. The molecule has 5 nitrogen and oxygen atoms in total. The lowest BCUT2D eigenvalue weighted by Gasteiger charge is -2.09. The van der Waals surface area contributed by atoms with Crippen LogP contribution in [0, 0.1) is 0 Å². The number of nitrogens with one attached hydrogen (secondary N) is 1. The van der Waals surface area contributed by atoms with Gasteiger partial charge >= 0.3 is 0 Å². The fourth-order valence-corrected chi connectivity index (χ4v) is 3.45. The van der Waals surface area contributed by atoms with Crippen LogP contribution in [0.25, 0.3) is 10.2 Å². The molecule has 0 spiro atoms. The summed E-state index contributed by atoms with van der Waals surface area (Å²) in [7, 11) is 0. The van der Waals surface area contributed by atoms with Gasteiger partial charge in [0.1, 0.15) is 11.5 Å². The van der Waals surface area contributed by atoms with Crippen LogP contribution in [0.15, 0.2) is 42.5 Å². The zero-order chi connectivity index (χ0) is 19.2. The second kappa shape index (κ2) is 8.86. The largest absolute Gasteiger partial charge is 0.494 e. The molecule has 1 N–H and O–H groups in total. The van der Waals surface area contributed by atoms with E-state index in [1.54, 1.807) is 0 Å². The third-order valence-electron chi connectivity index (χ3n) is 3.97. The Labute approximate surface area is 163 Å². The Morgan fingerprint density at radius 2 is 1.96 bits per heavy atom. The highest BCUT2D eigenvalue weighted by Crippen LogP contribution is 2.29. The SMILES string of the molecule is CCCOc1ccc2nc(NC(=O)COc3cccc(C(C)C)c3)sc2c1. The van der Waals surface area contributed by atoms with E-state index in [1.165, 1.54) is 16.9 Å². The number of anilines is 1. The van der Waals surface area contributed by atoms with Crippen LogP contribution in [0.1, 0.15) is 38.7 Å². The quantitative estimate of drug-likeness (QED) is 0.578. The first-order valence-corrected chi connectivity index (χ1v) is 9.93. The number of amides is 1. The van der Waals surface area contributed by atoms with Crippen LogP contribution < -0.4 is 14.8 Å². The Morgan fingerprint density at radius 3 is 2.74 bits per heavy atom. The van der Waals surface area contributed by atoms with Crippen LogP contribution in [0.2, 0.25) is 0 Å². The van der Waals surface area contributed by atoms with Crippen molar-refractivity contribution in [2.45, 2.75) is 33.1 Å². The number of thiazole rings is 1. The molecule has 0 radical (unpaired) electrons. The zero-order valence-electron chi connectivity index (χ0n) is 15.8. The van der Waals surface area contributed by atoms with Crippen LogP contribution in [0.4, 0.5) is 5.13 Å². The topological polar surface area (TPSA) is 60.5 Å². The molecule has 3 rings (SSSR count). The van der Waals surface area contributed by atoms with E-state index in [4.69, 9.17) is 9.47 Å². The van der Waals surface area contributed by atoms with Crippen molar-refractivity contribution in [1.29, 1.82) is 0 Å². The maximum atomic E-state index is 12.2. The van der Waals surface area contributed by atoms with Gasteiger partial charge in [0.25, 0.3) is 5.91 Å². The molecule has 3 aromatic rings. The summed E-state index contributed by atoms with van der Waals surface area (Å²) in [4.78, 5) is 16.6. The molecule has 0 saturated carbocycles. The zero-order valence-corrected chi connectivity index (χ0v) is 16.6. The highest BCUT2D eigenvalue weighted by molar-refractivity contribution is 7.22. The molecule has 0 aliphatic rings. The maximum Gasteiger partial charge on any atom is 0.264 e. The summed E-state index contributed by atoms with van der Waals surface area (Å²) in [6.07, 6.45) is 0.960. The second-order valence-corrected chi connectivity index (χ2v) is 7.59. The molecule has 1 aromatic heterocycles. The Balaban J connectivity index is 1.59. The van der Waals surface area contributed by atoms with Gasteiger partial charge in [-0.25, -0.2) is 4.98 Å². The van der Waals surface area contributed by atoms with Crippen molar-refractivity contribution in [3.8, 4) is 11.5 Å². The van der Waals surface area contributed by atoms with Gasteiger partial charge in [0.15, 0.2) is 11.7 Å². The van der Waals surface area contributed by atoms with Crippen molar-refractivity contribution < 1.29 is 14.3 Å². The molecule has 0 saturated heterocycles. The smallest absolute Gasteiger partial charge is 0.264 e. The van der Waals surface area contributed by atoms with Crippen LogP contribution in [0.5, 0.6) is 11.5 Å². The number of carbonyl (C=O) groups is 1. The number of aromatic nitrogens is 1. The van der Waals surface area contributed by atoms with E-state index in [9.17, 15) is 4.79 Å². The van der Waals surface area contributed by atoms with Gasteiger partial charge in [-0.1, -0.05) is 44.2 Å². The number of nitrogens with zero attached hydrogens (tertiary/aromatic N) is 1. The fourth-order valence-electron chi connectivity index (χ4n) is 2.54. The highest BCUT2D eigenvalue weighted by atomic mass is 32.1. The molecule has 2 aromatic carbocycles. The van der Waals surface area contributed by atoms with Gasteiger partial charge in [-0.3, -0.25) is 10.1 Å². The summed E-state index contributed by atoms with van der Waals surface area (Å²) in [5.41, 5.74) is 2.02. The molecular weight excluding hydrogens is 360 g/mol. The lowest BCUT2D eigenvalue weighted by atomic mass is 10.0. The molecule has 6 heteroatoms. The van der Waals surface area contributed by atoms with Crippen LogP contribution in [-0.4, -0.2) is 24.1 Å². The minimum atomic E-state index is -0.230. The Bertz CT molecular complexity index is 921. The number of hydrogen-bond acceptors (Lipinski definition) is 5. The average molecular weight is 385 g/mol. The summed E-state index contributed by atoms with van der Waals surface area (Å²) in [6, 6.07) is 13.6. The van der Waals surface area contributed by atoms with Gasteiger partial charge in [-0.15, -0.1) is 0 Å². The van der Waals surface area contributed by atoms with Crippen molar-refractivity contribution in [1.82, 2.24) is 4.98 Å². The predicted molar refractivity (Wildman–Crippen MR) is 110 cm³/mol. The van der Waals surface area contributed by atoms with Crippen LogP contribution in [-0.2, 0) is 4.79 Å². The first-order valence-electron chi connectivity index (χ1n) is 9.11. The van der Waals surface area contributed by atoms with Crippen molar-refractivity contribution in [3.05, 3.63) is 48.0 Å². The van der Waals surface area contributed by atoms with E-state index in [0.29, 0.717) is 23.4 Å². The maximum absolute atomic E-state index is 12.2. The summed E-state index contributed by atoms with van der Waals surface area (Å²) in [5.74, 6) is 1.69. The molecule has 0 bridgehead atoms. The van der Waals surface area contributed by atoms with E-state index < -0.39 is 0 Å². The average Bonchev–Trinajstić information content (AvgIpc) is 3.06. The number of fused-ring (bicyclic) bond motifs is 1. The minimum Gasteiger partial charge on any atom is -0.494 e. The fraction of sp³-hybridized carbons (Fsp3) is 0.333. The summed E-state index contributed by atoms with van der Waals surface area (Å²) < 4.78 is 12.2. The Hall–Kier alpha value is -2.60. The first-order chi connectivity index (χ1) is 13.0. The van der Waals surface area contributed by atoms with E-state index in [1.807, 2.05) is 36.4 Å². The van der Waals surface area contributed by atoms with Gasteiger partial charge in [-0.05, 0) is 48.2 Å². The molecule has 0 atom stereocenters. The predicted octanol–water partition coefficient (Wildman–Crippen LogP) is 5.23. The van der Waals surface area contributed by atoms with Crippen LogP contribution >= 0.6 is 11.3 Å². The standard InChI is InChI=1S/C21H24N2O3S/c1-4-10-25-17-8-9-18-19(12-17)27-21(22-18)23-20(24)13-26-16-7-5-6-15(11-16)14(2)3/h5-9,11-12,14H,4,10,13H2,1-3H3,(H,22,23,24). The van der Waals surface area contributed by atoms with Gasteiger partial charge in [-0.2, -0.15) is 0 Å². The Kier molecular flexibility index (Phi) is 6.29. The van der Waals surface area contributed by atoms with Crippen molar-refractivity contribution in [3.63, 3.8) is 0 Å². The molecule has 27 heavy (non-hydrogen) atoms. The monoisotopic (exact) mass is 384 g/mol. The van der Waals surface area contributed by atoms with Crippen molar-refractivity contribution >= 4 is 32.6 Å². The molecule has 0 aliphatic heterocycles. The van der Waals surface area contributed by atoms with E-state index in [2.05, 4.69) is 37.1 Å². The van der Waals surface area contributed by atoms with Gasteiger partial charge < -0.3 is 9.47 Å². The number of hydrogen-bond donors (Lipinski definition) is 1. The first kappa shape index (κ1) is 19.2. The molecule has 142 valence electrons. The van der Waals surface area contributed by atoms with Gasteiger partial charge in [0.2, 0.25) is 0 Å². The summed E-state index contributed by atoms with van der Waals surface area (Å²) in [5, 5.41) is 3.36. The molecule has 1 amide bonds. The molecule has 1 heterocycles. The van der Waals surface area contributed by atoms with Crippen molar-refractivity contribution in [2.24, 2.45) is 0 Å². The third kappa shape index (κ3) is 5.20. The molecule has 0 aliphatic carbocycles. The third-order valence-corrected chi connectivity index (χ3v) is 4.91.